The van der Waals surface area contributed by atoms with E-state index < -0.39 is 0 Å². The van der Waals surface area contributed by atoms with Crippen molar-refractivity contribution in [3.05, 3.63) is 53.7 Å². The van der Waals surface area contributed by atoms with Crippen molar-refractivity contribution in [3.8, 4) is 28.0 Å². The number of methoxy groups -OCH3 is 1. The fourth-order valence-corrected chi connectivity index (χ4v) is 4.75. The van der Waals surface area contributed by atoms with Gasteiger partial charge in [-0.1, -0.05) is 17.3 Å². The van der Waals surface area contributed by atoms with E-state index in [0.717, 1.165) is 88.7 Å². The number of ether oxygens (including phenoxy) is 2. The van der Waals surface area contributed by atoms with Crippen LogP contribution in [0.5, 0.6) is 5.75 Å². The van der Waals surface area contributed by atoms with E-state index in [2.05, 4.69) is 47.1 Å². The third kappa shape index (κ3) is 3.69. The minimum absolute atomic E-state index is 0.600. The van der Waals surface area contributed by atoms with E-state index >= 15 is 0 Å². The molecular formula is C26H29N3O3. The van der Waals surface area contributed by atoms with Crippen LogP contribution in [0.3, 0.4) is 0 Å². The molecule has 0 amide bonds. The topological polar surface area (TPSA) is 62.3 Å². The van der Waals surface area contributed by atoms with Crippen molar-refractivity contribution in [3.63, 3.8) is 0 Å². The van der Waals surface area contributed by atoms with E-state index in [4.69, 9.17) is 19.0 Å². The highest BCUT2D eigenvalue weighted by molar-refractivity contribution is 5.95. The number of nitrogens with zero attached hydrogens (tertiary/aromatic N) is 3. The van der Waals surface area contributed by atoms with Gasteiger partial charge < -0.3 is 18.6 Å². The van der Waals surface area contributed by atoms with E-state index in [9.17, 15) is 0 Å². The van der Waals surface area contributed by atoms with E-state index in [1.165, 1.54) is 0 Å². The van der Waals surface area contributed by atoms with E-state index in [-0.39, 0.29) is 0 Å². The molecule has 166 valence electrons. The van der Waals surface area contributed by atoms with Crippen molar-refractivity contribution in [2.75, 3.05) is 20.3 Å². The smallest absolute Gasteiger partial charge is 0.141 e. The van der Waals surface area contributed by atoms with Gasteiger partial charge in [0.15, 0.2) is 0 Å². The highest BCUT2D eigenvalue weighted by Crippen LogP contribution is 2.36. The van der Waals surface area contributed by atoms with Crippen LogP contribution in [-0.2, 0) is 11.3 Å². The molecule has 0 N–H and O–H groups in total. The molecule has 1 fully saturated rings. The van der Waals surface area contributed by atoms with Crippen LogP contribution >= 0.6 is 0 Å². The Bertz CT molecular complexity index is 1250. The minimum atomic E-state index is 0.600. The minimum Gasteiger partial charge on any atom is -0.496 e. The van der Waals surface area contributed by atoms with Crippen molar-refractivity contribution in [1.82, 2.24) is 14.7 Å². The monoisotopic (exact) mass is 431 g/mol. The predicted molar refractivity (Wildman–Crippen MR) is 125 cm³/mol. The zero-order valence-corrected chi connectivity index (χ0v) is 19.1. The molecule has 0 aliphatic carbocycles. The van der Waals surface area contributed by atoms with Gasteiger partial charge in [0, 0.05) is 48.8 Å². The van der Waals surface area contributed by atoms with Gasteiger partial charge in [0.1, 0.15) is 11.5 Å². The number of pyridine rings is 1. The van der Waals surface area contributed by atoms with Gasteiger partial charge in [0.2, 0.25) is 0 Å². The van der Waals surface area contributed by atoms with Crippen LogP contribution in [-0.4, -0.2) is 35.0 Å². The van der Waals surface area contributed by atoms with Crippen LogP contribution in [0.15, 0.2) is 41.2 Å². The first-order chi connectivity index (χ1) is 15.5. The highest BCUT2D eigenvalue weighted by atomic mass is 16.5. The zero-order valence-electron chi connectivity index (χ0n) is 19.1. The van der Waals surface area contributed by atoms with Gasteiger partial charge in [-0.3, -0.25) is 4.98 Å². The molecule has 0 spiro atoms. The van der Waals surface area contributed by atoms with Gasteiger partial charge in [-0.05, 0) is 62.8 Å². The van der Waals surface area contributed by atoms with Gasteiger partial charge in [-0.25, -0.2) is 0 Å². The second-order valence-electron chi connectivity index (χ2n) is 8.73. The number of rotatable bonds is 5. The molecule has 0 radical (unpaired) electrons. The number of benzene rings is 1. The third-order valence-corrected chi connectivity index (χ3v) is 6.55. The molecule has 6 nitrogen and oxygen atoms in total. The molecule has 1 saturated heterocycles. The second-order valence-corrected chi connectivity index (χ2v) is 8.73. The molecule has 0 bridgehead atoms. The summed E-state index contributed by atoms with van der Waals surface area (Å²) in [4.78, 5) is 4.93. The number of aryl methyl sites for hydroxylation is 3. The maximum Gasteiger partial charge on any atom is 0.141 e. The van der Waals surface area contributed by atoms with Crippen molar-refractivity contribution >= 4 is 11.0 Å². The lowest BCUT2D eigenvalue weighted by Gasteiger charge is -2.22. The Kier molecular flexibility index (Phi) is 5.47. The molecule has 3 aromatic heterocycles. The van der Waals surface area contributed by atoms with Crippen LogP contribution in [0.2, 0.25) is 0 Å². The van der Waals surface area contributed by atoms with Crippen LogP contribution in [0, 0.1) is 26.7 Å². The molecule has 32 heavy (non-hydrogen) atoms. The van der Waals surface area contributed by atoms with E-state index in [1.807, 2.05) is 20.0 Å². The van der Waals surface area contributed by atoms with E-state index in [1.54, 1.807) is 7.11 Å². The van der Waals surface area contributed by atoms with Gasteiger partial charge in [-0.2, -0.15) is 0 Å². The summed E-state index contributed by atoms with van der Waals surface area (Å²) in [6, 6.07) is 8.58. The van der Waals surface area contributed by atoms with E-state index in [0.29, 0.717) is 5.92 Å². The maximum atomic E-state index is 5.58. The second kappa shape index (κ2) is 8.43. The molecule has 1 aliphatic rings. The molecule has 4 aromatic rings. The van der Waals surface area contributed by atoms with Crippen molar-refractivity contribution in [1.29, 1.82) is 0 Å². The van der Waals surface area contributed by atoms with Crippen molar-refractivity contribution in [2.24, 2.45) is 5.92 Å². The Hall–Kier alpha value is -3.12. The quantitative estimate of drug-likeness (QED) is 0.404. The fourth-order valence-electron chi connectivity index (χ4n) is 4.75. The summed E-state index contributed by atoms with van der Waals surface area (Å²) < 4.78 is 18.9. The Labute approximate surface area is 188 Å². The summed E-state index contributed by atoms with van der Waals surface area (Å²) in [6.45, 7) is 8.62. The number of hydrogen-bond acceptors (Lipinski definition) is 5. The fraction of sp³-hybridized carbons (Fsp3) is 0.385. The Balaban J connectivity index is 1.66. The number of hydrogen-bond donors (Lipinski definition) is 0. The van der Waals surface area contributed by atoms with Crippen LogP contribution in [0.1, 0.15) is 29.9 Å². The SMILES string of the molecule is COc1cc(-c2cn(CC3CCOCC3)c3cc(-c4c(C)noc4C)cnc23)ccc1C. The first-order valence-electron chi connectivity index (χ1n) is 11.2. The maximum absolute atomic E-state index is 5.58. The molecule has 0 atom stereocenters. The lowest BCUT2D eigenvalue weighted by atomic mass is 10.0. The Morgan fingerprint density at radius 3 is 2.62 bits per heavy atom. The number of fused-ring (bicyclic) bond motifs is 1. The van der Waals surface area contributed by atoms with Gasteiger partial charge in [-0.15, -0.1) is 0 Å². The van der Waals surface area contributed by atoms with Gasteiger partial charge in [0.25, 0.3) is 0 Å². The molecule has 6 heteroatoms. The normalized spacial score (nSPS) is 14.9. The molecule has 5 rings (SSSR count). The number of aromatic nitrogens is 3. The Morgan fingerprint density at radius 2 is 1.91 bits per heavy atom. The molecule has 1 aliphatic heterocycles. The summed E-state index contributed by atoms with van der Waals surface area (Å²) in [6.07, 6.45) is 6.35. The summed E-state index contributed by atoms with van der Waals surface area (Å²) in [5, 5.41) is 4.13. The highest BCUT2D eigenvalue weighted by Gasteiger charge is 2.20. The first kappa shape index (κ1) is 20.8. The molecule has 4 heterocycles. The summed E-state index contributed by atoms with van der Waals surface area (Å²) >= 11 is 0. The standard InChI is InChI=1S/C26H29N3O3/c1-16-5-6-20(12-24(16)30-4)22-15-29(14-19-7-9-31-10-8-19)23-11-21(13-27-26(22)23)25-17(2)28-32-18(25)3/h5-6,11-13,15,19H,7-10,14H2,1-4H3. The molecular weight excluding hydrogens is 402 g/mol. The average Bonchev–Trinajstić information content (AvgIpc) is 3.33. The molecule has 1 aromatic carbocycles. The molecule has 0 unspecified atom stereocenters. The predicted octanol–water partition coefficient (Wildman–Crippen LogP) is 5.72. The summed E-state index contributed by atoms with van der Waals surface area (Å²) in [5.74, 6) is 2.30. The largest absolute Gasteiger partial charge is 0.496 e. The van der Waals surface area contributed by atoms with Crippen LogP contribution in [0.25, 0.3) is 33.3 Å². The summed E-state index contributed by atoms with van der Waals surface area (Å²) in [7, 11) is 1.72. The zero-order chi connectivity index (χ0) is 22.2. The van der Waals surface area contributed by atoms with Crippen LogP contribution < -0.4 is 4.74 Å². The third-order valence-electron chi connectivity index (χ3n) is 6.55. The van der Waals surface area contributed by atoms with Crippen molar-refractivity contribution in [2.45, 2.75) is 40.2 Å². The lowest BCUT2D eigenvalue weighted by molar-refractivity contribution is 0.0616. The average molecular weight is 432 g/mol. The lowest BCUT2D eigenvalue weighted by Crippen LogP contribution is -2.20. The summed E-state index contributed by atoms with van der Waals surface area (Å²) in [5.41, 5.74) is 8.42. The van der Waals surface area contributed by atoms with Gasteiger partial charge in [0.05, 0.1) is 23.8 Å². The van der Waals surface area contributed by atoms with Crippen LogP contribution in [0.4, 0.5) is 0 Å². The van der Waals surface area contributed by atoms with Gasteiger partial charge >= 0.3 is 0 Å². The first-order valence-corrected chi connectivity index (χ1v) is 11.2. The van der Waals surface area contributed by atoms with Crippen molar-refractivity contribution < 1.29 is 14.0 Å². The Morgan fingerprint density at radius 1 is 1.09 bits per heavy atom. The molecule has 0 saturated carbocycles.